The molecule has 4 nitrogen and oxygen atoms in total. The molecule has 0 fully saturated rings. The summed E-state index contributed by atoms with van der Waals surface area (Å²) in [5, 5.41) is 3.61. The molecule has 0 bridgehead atoms. The zero-order chi connectivity index (χ0) is 18.1. The van der Waals surface area contributed by atoms with Crippen molar-refractivity contribution in [2.75, 3.05) is 19.4 Å². The maximum absolute atomic E-state index is 12.6. The van der Waals surface area contributed by atoms with Gasteiger partial charge in [-0.05, 0) is 55.5 Å². The monoisotopic (exact) mass is 376 g/mol. The second-order valence-electron chi connectivity index (χ2n) is 6.65. The molecule has 1 aliphatic carbocycles. The lowest BCUT2D eigenvalue weighted by Crippen LogP contribution is -2.27. The van der Waals surface area contributed by atoms with Crippen LogP contribution in [-0.2, 0) is 17.6 Å². The summed E-state index contributed by atoms with van der Waals surface area (Å²) in [5.41, 5.74) is 2.84. The van der Waals surface area contributed by atoms with Gasteiger partial charge < -0.3 is 10.2 Å². The van der Waals surface area contributed by atoms with E-state index >= 15 is 0 Å². The third-order valence-corrected chi connectivity index (χ3v) is 6.14. The van der Waals surface area contributed by atoms with Gasteiger partial charge in [-0.1, -0.05) is 17.7 Å². The van der Waals surface area contributed by atoms with Crippen LogP contribution in [-0.4, -0.2) is 30.8 Å². The van der Waals surface area contributed by atoms with Crippen molar-refractivity contribution < 1.29 is 9.59 Å². The van der Waals surface area contributed by atoms with Crippen molar-refractivity contribution in [1.29, 1.82) is 0 Å². The zero-order valence-electron chi connectivity index (χ0n) is 14.6. The molecule has 1 aromatic heterocycles. The molecule has 1 N–H and O–H groups in total. The summed E-state index contributed by atoms with van der Waals surface area (Å²) in [6, 6.07) is 7.49. The highest BCUT2D eigenvalue weighted by atomic mass is 35.5. The summed E-state index contributed by atoms with van der Waals surface area (Å²) in [6.07, 6.45) is 2.32. The smallest absolute Gasteiger partial charge is 0.263 e. The van der Waals surface area contributed by atoms with Crippen LogP contribution in [0.5, 0.6) is 0 Å². The number of fused-ring (bicyclic) bond motifs is 1. The van der Waals surface area contributed by atoms with Gasteiger partial charge in [0.1, 0.15) is 0 Å². The van der Waals surface area contributed by atoms with Crippen LogP contribution in [0.1, 0.15) is 32.1 Å². The van der Waals surface area contributed by atoms with Crippen molar-refractivity contribution in [3.63, 3.8) is 0 Å². The normalized spacial score (nSPS) is 16.2. The Kier molecular flexibility index (Phi) is 5.16. The number of rotatable bonds is 3. The molecule has 132 valence electrons. The number of nitrogens with one attached hydrogen (secondary N) is 1. The number of amides is 2. The molecule has 0 unspecified atom stereocenters. The van der Waals surface area contributed by atoms with Gasteiger partial charge in [0.25, 0.3) is 5.91 Å². The maximum atomic E-state index is 12.6. The fourth-order valence-electron chi connectivity index (χ4n) is 2.99. The lowest BCUT2D eigenvalue weighted by Gasteiger charge is -2.21. The fourth-order valence-corrected chi connectivity index (χ4v) is 4.40. The second-order valence-corrected chi connectivity index (χ2v) is 8.20. The van der Waals surface area contributed by atoms with Gasteiger partial charge in [-0.3, -0.25) is 9.59 Å². The number of carbonyl (C=O) groups is 2. The molecular weight excluding hydrogens is 356 g/mol. The summed E-state index contributed by atoms with van der Waals surface area (Å²) in [4.78, 5) is 28.3. The number of halogens is 1. The van der Waals surface area contributed by atoms with Crippen molar-refractivity contribution in [3.05, 3.63) is 50.2 Å². The van der Waals surface area contributed by atoms with E-state index in [9.17, 15) is 9.59 Å². The first-order valence-corrected chi connectivity index (χ1v) is 9.45. The Bertz CT molecular complexity index is 829. The molecule has 0 aliphatic heterocycles. The first kappa shape index (κ1) is 18.0. The molecule has 0 saturated carbocycles. The van der Waals surface area contributed by atoms with E-state index in [2.05, 4.69) is 5.32 Å². The van der Waals surface area contributed by atoms with Crippen molar-refractivity contribution in [3.8, 4) is 0 Å². The van der Waals surface area contributed by atoms with Crippen molar-refractivity contribution >= 4 is 40.4 Å². The highest BCUT2D eigenvalue weighted by Crippen LogP contribution is 2.33. The van der Waals surface area contributed by atoms with Gasteiger partial charge in [-0.2, -0.15) is 0 Å². The Labute approximate surface area is 156 Å². The Morgan fingerprint density at radius 1 is 1.28 bits per heavy atom. The van der Waals surface area contributed by atoms with E-state index < -0.39 is 0 Å². The van der Waals surface area contributed by atoms with Gasteiger partial charge in [0.15, 0.2) is 0 Å². The molecular formula is C19H21ClN2O2S. The topological polar surface area (TPSA) is 49.4 Å². The molecule has 1 atom stereocenters. The summed E-state index contributed by atoms with van der Waals surface area (Å²) in [6.45, 7) is 1.93. The van der Waals surface area contributed by atoms with Gasteiger partial charge in [0.05, 0.1) is 4.88 Å². The van der Waals surface area contributed by atoms with Crippen LogP contribution in [0.25, 0.3) is 0 Å². The van der Waals surface area contributed by atoms with Gasteiger partial charge in [0, 0.05) is 35.6 Å². The fraction of sp³-hybridized carbons (Fsp3) is 0.368. The van der Waals surface area contributed by atoms with Crippen molar-refractivity contribution in [1.82, 2.24) is 4.90 Å². The number of hydrogen-bond acceptors (Lipinski definition) is 3. The average Bonchev–Trinajstić information content (AvgIpc) is 3.00. The SMILES string of the molecule is Cc1ccc(NC(=O)[C@H]2CCc3sc(C(=O)N(C)C)cc3C2)cc1Cl. The van der Waals surface area contributed by atoms with Gasteiger partial charge in [0.2, 0.25) is 5.91 Å². The summed E-state index contributed by atoms with van der Waals surface area (Å²) in [5.74, 6) is -0.0450. The summed E-state index contributed by atoms with van der Waals surface area (Å²) >= 11 is 7.67. The number of anilines is 1. The van der Waals surface area contributed by atoms with E-state index in [1.807, 2.05) is 25.1 Å². The van der Waals surface area contributed by atoms with Crippen LogP contribution in [0.15, 0.2) is 24.3 Å². The minimum absolute atomic E-state index is 0.0113. The molecule has 3 rings (SSSR count). The third-order valence-electron chi connectivity index (χ3n) is 4.51. The number of benzene rings is 1. The van der Waals surface area contributed by atoms with E-state index in [1.165, 1.54) is 4.88 Å². The molecule has 6 heteroatoms. The molecule has 1 aromatic carbocycles. The van der Waals surface area contributed by atoms with Crippen molar-refractivity contribution in [2.24, 2.45) is 5.92 Å². The highest BCUT2D eigenvalue weighted by molar-refractivity contribution is 7.14. The van der Waals surface area contributed by atoms with Gasteiger partial charge in [-0.15, -0.1) is 11.3 Å². The minimum Gasteiger partial charge on any atom is -0.344 e. The third kappa shape index (κ3) is 3.88. The largest absolute Gasteiger partial charge is 0.344 e. The van der Waals surface area contributed by atoms with Crippen LogP contribution in [0.3, 0.4) is 0 Å². The Balaban J connectivity index is 1.70. The number of aryl methyl sites for hydroxylation is 2. The van der Waals surface area contributed by atoms with Gasteiger partial charge >= 0.3 is 0 Å². The first-order chi connectivity index (χ1) is 11.8. The van der Waals surface area contributed by atoms with Gasteiger partial charge in [-0.25, -0.2) is 0 Å². The van der Waals surface area contributed by atoms with Crippen LogP contribution >= 0.6 is 22.9 Å². The van der Waals surface area contributed by atoms with E-state index in [1.54, 1.807) is 36.4 Å². The maximum Gasteiger partial charge on any atom is 0.263 e. The van der Waals surface area contributed by atoms with Crippen LogP contribution in [0.2, 0.25) is 5.02 Å². The molecule has 0 radical (unpaired) electrons. The lowest BCUT2D eigenvalue weighted by molar-refractivity contribution is -0.120. The average molecular weight is 377 g/mol. The summed E-state index contributed by atoms with van der Waals surface area (Å²) < 4.78 is 0. The van der Waals surface area contributed by atoms with E-state index in [0.29, 0.717) is 11.4 Å². The number of nitrogens with zero attached hydrogens (tertiary/aromatic N) is 1. The second kappa shape index (κ2) is 7.18. The van der Waals surface area contributed by atoms with E-state index in [0.717, 1.165) is 34.5 Å². The molecule has 2 amide bonds. The Hall–Kier alpha value is -1.85. The van der Waals surface area contributed by atoms with Crippen LogP contribution in [0.4, 0.5) is 5.69 Å². The zero-order valence-corrected chi connectivity index (χ0v) is 16.1. The van der Waals surface area contributed by atoms with E-state index in [-0.39, 0.29) is 17.7 Å². The highest BCUT2D eigenvalue weighted by Gasteiger charge is 2.27. The molecule has 1 heterocycles. The number of hydrogen-bond donors (Lipinski definition) is 1. The molecule has 0 spiro atoms. The standard InChI is InChI=1S/C19H21ClN2O2S/c1-11-4-6-14(10-15(11)20)21-18(23)12-5-7-16-13(8-12)9-17(25-16)19(24)22(2)3/h4,6,9-10,12H,5,7-8H2,1-3H3,(H,21,23)/t12-/m0/s1. The Morgan fingerprint density at radius 2 is 2.04 bits per heavy atom. The molecule has 25 heavy (non-hydrogen) atoms. The van der Waals surface area contributed by atoms with Crippen LogP contribution in [0, 0.1) is 12.8 Å². The van der Waals surface area contributed by atoms with Crippen LogP contribution < -0.4 is 5.32 Å². The van der Waals surface area contributed by atoms with E-state index in [4.69, 9.17) is 11.6 Å². The predicted octanol–water partition coefficient (Wildman–Crippen LogP) is 4.16. The molecule has 0 saturated heterocycles. The summed E-state index contributed by atoms with van der Waals surface area (Å²) in [7, 11) is 3.51. The first-order valence-electron chi connectivity index (χ1n) is 8.25. The molecule has 2 aromatic rings. The molecule has 1 aliphatic rings. The number of carbonyl (C=O) groups excluding carboxylic acids is 2. The number of thiophene rings is 1. The van der Waals surface area contributed by atoms with Crippen molar-refractivity contribution in [2.45, 2.75) is 26.2 Å². The predicted molar refractivity (Wildman–Crippen MR) is 103 cm³/mol. The lowest BCUT2D eigenvalue weighted by atomic mass is 9.87. The Morgan fingerprint density at radius 3 is 2.72 bits per heavy atom. The minimum atomic E-state index is -0.0792. The quantitative estimate of drug-likeness (QED) is 0.874.